The Morgan fingerprint density at radius 1 is 1.14 bits per heavy atom. The molecule has 0 unspecified atom stereocenters. The Morgan fingerprint density at radius 2 is 1.68 bits per heavy atom. The molecule has 0 spiro atoms. The van der Waals surface area contributed by atoms with E-state index in [9.17, 15) is 13.2 Å². The predicted octanol–water partition coefficient (Wildman–Crippen LogP) is 2.13. The summed E-state index contributed by atoms with van der Waals surface area (Å²) in [7, 11) is -3.65. The number of nitrogens with zero attached hydrogens (tertiary/aromatic N) is 1. The lowest BCUT2D eigenvalue weighted by Crippen LogP contribution is -2.40. The minimum atomic E-state index is -3.65. The van der Waals surface area contributed by atoms with E-state index in [0.29, 0.717) is 6.54 Å². The molecule has 0 saturated heterocycles. The summed E-state index contributed by atoms with van der Waals surface area (Å²) in [5.74, 6) is -0.292. The maximum absolute atomic E-state index is 12.6. The van der Waals surface area contributed by atoms with E-state index in [1.165, 1.54) is 4.31 Å². The molecule has 0 fully saturated rings. The minimum Gasteiger partial charge on any atom is -0.355 e. The molecule has 6 heteroatoms. The lowest BCUT2D eigenvalue weighted by Gasteiger charge is -2.22. The van der Waals surface area contributed by atoms with E-state index in [2.05, 4.69) is 26.1 Å². The van der Waals surface area contributed by atoms with Crippen molar-refractivity contribution in [3.8, 4) is 0 Å². The van der Waals surface area contributed by atoms with Gasteiger partial charge in [0.15, 0.2) is 0 Å². The number of carbonyl (C=O) groups is 1. The van der Waals surface area contributed by atoms with Gasteiger partial charge in [0.2, 0.25) is 15.9 Å². The molecule has 0 atom stereocenters. The van der Waals surface area contributed by atoms with Gasteiger partial charge in [-0.1, -0.05) is 39.8 Å². The zero-order valence-electron chi connectivity index (χ0n) is 14.0. The maximum Gasteiger partial charge on any atom is 0.243 e. The fourth-order valence-corrected chi connectivity index (χ4v) is 3.46. The molecule has 0 aliphatic carbocycles. The van der Waals surface area contributed by atoms with Crippen LogP contribution in [0.5, 0.6) is 0 Å². The van der Waals surface area contributed by atoms with Gasteiger partial charge in [-0.3, -0.25) is 4.79 Å². The van der Waals surface area contributed by atoms with Gasteiger partial charge in [0, 0.05) is 13.1 Å². The summed E-state index contributed by atoms with van der Waals surface area (Å²) in [6, 6.07) is 6.87. The largest absolute Gasteiger partial charge is 0.355 e. The Morgan fingerprint density at radius 3 is 2.09 bits per heavy atom. The summed E-state index contributed by atoms with van der Waals surface area (Å²) in [6.07, 6.45) is 0. The second kappa shape index (κ2) is 7.24. The van der Waals surface area contributed by atoms with Gasteiger partial charge >= 0.3 is 0 Å². The van der Waals surface area contributed by atoms with Crippen LogP contribution in [0.1, 0.15) is 40.2 Å². The lowest BCUT2D eigenvalue weighted by atomic mass is 9.87. The molecular formula is C16H26N2O3S. The first-order valence-electron chi connectivity index (χ1n) is 7.50. The molecular weight excluding hydrogens is 300 g/mol. The molecule has 1 aromatic rings. The maximum atomic E-state index is 12.6. The third-order valence-electron chi connectivity index (χ3n) is 3.40. The van der Waals surface area contributed by atoms with E-state index < -0.39 is 10.0 Å². The first-order valence-corrected chi connectivity index (χ1v) is 8.94. The standard InChI is InChI=1S/C16H26N2O3S/c1-6-17-15(19)12-18(7-2)22(20,21)14-10-8-13(9-11-14)16(3,4)5/h8-11H,6-7,12H2,1-5H3,(H,17,19). The fraction of sp³-hybridized carbons (Fsp3) is 0.562. The first-order chi connectivity index (χ1) is 10.1. The molecule has 0 aliphatic heterocycles. The van der Waals surface area contributed by atoms with Crippen LogP contribution in [0, 0.1) is 0 Å². The van der Waals surface area contributed by atoms with Gasteiger partial charge in [0.05, 0.1) is 11.4 Å². The summed E-state index contributed by atoms with van der Waals surface area (Å²) in [5.41, 5.74) is 1.03. The van der Waals surface area contributed by atoms with E-state index in [-0.39, 0.29) is 29.3 Å². The number of hydrogen-bond donors (Lipinski definition) is 1. The van der Waals surface area contributed by atoms with Crippen LogP contribution in [-0.4, -0.2) is 38.3 Å². The van der Waals surface area contributed by atoms with E-state index in [1.807, 2.05) is 12.1 Å². The Labute approximate surface area is 133 Å². The highest BCUT2D eigenvalue weighted by Gasteiger charge is 2.25. The molecule has 0 bridgehead atoms. The average Bonchev–Trinajstić information content (AvgIpc) is 2.44. The highest BCUT2D eigenvalue weighted by atomic mass is 32.2. The Balaban J connectivity index is 3.03. The van der Waals surface area contributed by atoms with E-state index in [1.54, 1.807) is 26.0 Å². The van der Waals surface area contributed by atoms with Crippen molar-refractivity contribution >= 4 is 15.9 Å². The number of benzene rings is 1. The molecule has 1 aromatic carbocycles. The van der Waals surface area contributed by atoms with Crippen LogP contribution in [0.25, 0.3) is 0 Å². The van der Waals surface area contributed by atoms with Gasteiger partial charge in [-0.15, -0.1) is 0 Å². The molecule has 1 rings (SSSR count). The summed E-state index contributed by atoms with van der Waals surface area (Å²) in [4.78, 5) is 11.9. The van der Waals surface area contributed by atoms with Gasteiger partial charge in [-0.25, -0.2) is 8.42 Å². The monoisotopic (exact) mass is 326 g/mol. The van der Waals surface area contributed by atoms with Crippen LogP contribution in [0.2, 0.25) is 0 Å². The van der Waals surface area contributed by atoms with Gasteiger partial charge in [0.25, 0.3) is 0 Å². The van der Waals surface area contributed by atoms with Crippen molar-refractivity contribution in [2.24, 2.45) is 0 Å². The zero-order valence-corrected chi connectivity index (χ0v) is 14.8. The molecule has 1 amide bonds. The van der Waals surface area contributed by atoms with Gasteiger partial charge in [-0.05, 0) is 30.0 Å². The second-order valence-corrected chi connectivity index (χ2v) is 8.10. The molecule has 5 nitrogen and oxygen atoms in total. The van der Waals surface area contributed by atoms with E-state index in [4.69, 9.17) is 0 Å². The number of rotatable bonds is 6. The van der Waals surface area contributed by atoms with Gasteiger partial charge < -0.3 is 5.32 Å². The topological polar surface area (TPSA) is 66.5 Å². The third kappa shape index (κ3) is 4.55. The van der Waals surface area contributed by atoms with Crippen LogP contribution in [-0.2, 0) is 20.2 Å². The minimum absolute atomic E-state index is 0.0340. The number of likely N-dealkylation sites (N-methyl/N-ethyl adjacent to an activating group) is 2. The fourth-order valence-electron chi connectivity index (χ4n) is 2.06. The molecule has 0 aliphatic rings. The third-order valence-corrected chi connectivity index (χ3v) is 5.34. The zero-order chi connectivity index (χ0) is 17.0. The number of carbonyl (C=O) groups excluding carboxylic acids is 1. The van der Waals surface area contributed by atoms with E-state index in [0.717, 1.165) is 5.56 Å². The summed E-state index contributed by atoms with van der Waals surface area (Å²) >= 11 is 0. The Hall–Kier alpha value is -1.40. The molecule has 0 aromatic heterocycles. The second-order valence-electron chi connectivity index (χ2n) is 6.16. The number of nitrogens with one attached hydrogen (secondary N) is 1. The van der Waals surface area contributed by atoms with Crippen molar-refractivity contribution < 1.29 is 13.2 Å². The summed E-state index contributed by atoms with van der Waals surface area (Å²) < 4.78 is 26.4. The number of hydrogen-bond acceptors (Lipinski definition) is 3. The van der Waals surface area contributed by atoms with Gasteiger partial charge in [-0.2, -0.15) is 4.31 Å². The van der Waals surface area contributed by atoms with Crippen molar-refractivity contribution in [1.82, 2.24) is 9.62 Å². The normalized spacial score (nSPS) is 12.5. The lowest BCUT2D eigenvalue weighted by molar-refractivity contribution is -0.121. The number of sulfonamides is 1. The molecule has 0 radical (unpaired) electrons. The molecule has 124 valence electrons. The summed E-state index contributed by atoms with van der Waals surface area (Å²) in [6.45, 7) is 10.3. The van der Waals surface area contributed by atoms with Gasteiger partial charge in [0.1, 0.15) is 0 Å². The van der Waals surface area contributed by atoms with Crippen LogP contribution < -0.4 is 5.32 Å². The summed E-state index contributed by atoms with van der Waals surface area (Å²) in [5, 5.41) is 2.62. The van der Waals surface area contributed by atoms with Crippen molar-refractivity contribution in [1.29, 1.82) is 0 Å². The Bertz CT molecular complexity index is 601. The number of amides is 1. The van der Waals surface area contributed by atoms with Crippen LogP contribution in [0.3, 0.4) is 0 Å². The molecule has 22 heavy (non-hydrogen) atoms. The van der Waals surface area contributed by atoms with Crippen molar-refractivity contribution in [2.75, 3.05) is 19.6 Å². The molecule has 0 heterocycles. The Kier molecular flexibility index (Phi) is 6.14. The smallest absolute Gasteiger partial charge is 0.243 e. The first kappa shape index (κ1) is 18.6. The predicted molar refractivity (Wildman–Crippen MR) is 88.3 cm³/mol. The van der Waals surface area contributed by atoms with Crippen molar-refractivity contribution in [3.63, 3.8) is 0 Å². The van der Waals surface area contributed by atoms with Crippen LogP contribution in [0.15, 0.2) is 29.2 Å². The van der Waals surface area contributed by atoms with Crippen molar-refractivity contribution in [2.45, 2.75) is 44.9 Å². The van der Waals surface area contributed by atoms with Crippen LogP contribution >= 0.6 is 0 Å². The molecule has 1 N–H and O–H groups in total. The van der Waals surface area contributed by atoms with Crippen LogP contribution in [0.4, 0.5) is 0 Å². The highest BCUT2D eigenvalue weighted by Crippen LogP contribution is 2.24. The van der Waals surface area contributed by atoms with Crippen molar-refractivity contribution in [3.05, 3.63) is 29.8 Å². The highest BCUT2D eigenvalue weighted by molar-refractivity contribution is 7.89. The van der Waals surface area contributed by atoms with E-state index >= 15 is 0 Å². The SMILES string of the molecule is CCNC(=O)CN(CC)S(=O)(=O)c1ccc(C(C)(C)C)cc1. The molecule has 0 saturated carbocycles. The quantitative estimate of drug-likeness (QED) is 0.871. The average molecular weight is 326 g/mol.